The van der Waals surface area contributed by atoms with Crippen molar-refractivity contribution in [3.05, 3.63) is 39.9 Å². The fraction of sp³-hybridized carbons (Fsp3) is 0.611. The summed E-state index contributed by atoms with van der Waals surface area (Å²) in [5, 5.41) is 17.4. The number of hydrogen-bond acceptors (Lipinski definition) is 5. The highest BCUT2D eigenvalue weighted by Gasteiger charge is 2.22. The molecule has 1 aliphatic heterocycles. The number of non-ortho nitro benzene ring substituents is 1. The Kier molecular flexibility index (Phi) is 8.30. The van der Waals surface area contributed by atoms with Crippen LogP contribution in [0.1, 0.15) is 25.3 Å². The van der Waals surface area contributed by atoms with Crippen LogP contribution in [0.5, 0.6) is 0 Å². The number of likely N-dealkylation sites (N-methyl/N-ethyl adjacent to an activating group) is 1. The molecule has 0 aromatic heterocycles. The lowest BCUT2D eigenvalue weighted by atomic mass is 10.2. The number of nitro benzene ring substituents is 1. The minimum atomic E-state index is -0.395. The molecule has 2 N–H and O–H groups in total. The first-order valence-electron chi connectivity index (χ1n) is 9.12. The maximum absolute atomic E-state index is 10.7. The number of rotatable bonds is 9. The van der Waals surface area contributed by atoms with Crippen LogP contribution in [0.15, 0.2) is 29.3 Å². The van der Waals surface area contributed by atoms with Gasteiger partial charge in [-0.15, -0.1) is 0 Å². The first-order chi connectivity index (χ1) is 12.6. The molecule has 1 heterocycles. The van der Waals surface area contributed by atoms with Gasteiger partial charge in [0.2, 0.25) is 0 Å². The number of aliphatic imine (C=N–C) groups is 1. The van der Waals surface area contributed by atoms with Gasteiger partial charge in [-0.25, -0.2) is 4.99 Å². The summed E-state index contributed by atoms with van der Waals surface area (Å²) in [5.41, 5.74) is 1.02. The number of benzene rings is 1. The lowest BCUT2D eigenvalue weighted by molar-refractivity contribution is -0.384. The lowest BCUT2D eigenvalue weighted by Gasteiger charge is -2.24. The third kappa shape index (κ3) is 6.27. The van der Waals surface area contributed by atoms with Crippen LogP contribution >= 0.6 is 0 Å². The molecular weight excluding hydrogens is 334 g/mol. The summed E-state index contributed by atoms with van der Waals surface area (Å²) in [5.74, 6) is 0.739. The molecule has 1 aromatic rings. The predicted octanol–water partition coefficient (Wildman–Crippen LogP) is 1.76. The van der Waals surface area contributed by atoms with Crippen LogP contribution in [-0.4, -0.2) is 61.7 Å². The van der Waals surface area contributed by atoms with Crippen molar-refractivity contribution in [2.24, 2.45) is 4.99 Å². The average Bonchev–Trinajstić information content (AvgIpc) is 3.11. The van der Waals surface area contributed by atoms with E-state index in [2.05, 4.69) is 27.4 Å². The molecule has 2 rings (SSSR count). The summed E-state index contributed by atoms with van der Waals surface area (Å²) in [6.07, 6.45) is 2.45. The van der Waals surface area contributed by atoms with E-state index in [4.69, 9.17) is 4.74 Å². The van der Waals surface area contributed by atoms with E-state index in [1.54, 1.807) is 19.2 Å². The quantitative estimate of drug-likeness (QED) is 0.228. The summed E-state index contributed by atoms with van der Waals surface area (Å²) in [6, 6.07) is 7.03. The molecule has 1 aromatic carbocycles. The van der Waals surface area contributed by atoms with Crippen LogP contribution in [0.3, 0.4) is 0 Å². The van der Waals surface area contributed by atoms with Gasteiger partial charge >= 0.3 is 0 Å². The largest absolute Gasteiger partial charge is 0.383 e. The van der Waals surface area contributed by atoms with Crippen LogP contribution in [0, 0.1) is 10.1 Å². The zero-order valence-electron chi connectivity index (χ0n) is 15.6. The van der Waals surface area contributed by atoms with E-state index in [0.29, 0.717) is 25.7 Å². The summed E-state index contributed by atoms with van der Waals surface area (Å²) in [7, 11) is 1.67. The van der Waals surface area contributed by atoms with Crippen molar-refractivity contribution in [2.45, 2.75) is 32.4 Å². The van der Waals surface area contributed by atoms with E-state index in [1.165, 1.54) is 25.0 Å². The third-order valence-corrected chi connectivity index (χ3v) is 4.58. The van der Waals surface area contributed by atoms with Crippen molar-refractivity contribution in [3.8, 4) is 0 Å². The van der Waals surface area contributed by atoms with Crippen LogP contribution < -0.4 is 10.6 Å². The number of methoxy groups -OCH3 is 1. The van der Waals surface area contributed by atoms with E-state index in [9.17, 15) is 10.1 Å². The fourth-order valence-corrected chi connectivity index (χ4v) is 3.10. The van der Waals surface area contributed by atoms with Crippen LogP contribution in [0.4, 0.5) is 5.69 Å². The zero-order chi connectivity index (χ0) is 18.8. The molecular formula is C18H29N5O3. The Morgan fingerprint density at radius 3 is 2.81 bits per heavy atom. The molecule has 0 radical (unpaired) electrons. The van der Waals surface area contributed by atoms with Crippen molar-refractivity contribution in [1.29, 1.82) is 0 Å². The highest BCUT2D eigenvalue weighted by Crippen LogP contribution is 2.15. The molecule has 1 fully saturated rings. The molecule has 8 nitrogen and oxygen atoms in total. The van der Waals surface area contributed by atoms with Gasteiger partial charge in [0.25, 0.3) is 5.69 Å². The van der Waals surface area contributed by atoms with Gasteiger partial charge in [0.05, 0.1) is 18.1 Å². The van der Waals surface area contributed by atoms with E-state index < -0.39 is 4.92 Å². The molecule has 26 heavy (non-hydrogen) atoms. The smallest absolute Gasteiger partial charge is 0.269 e. The first-order valence-corrected chi connectivity index (χ1v) is 9.12. The zero-order valence-corrected chi connectivity index (χ0v) is 15.6. The Bertz CT molecular complexity index is 591. The van der Waals surface area contributed by atoms with Crippen molar-refractivity contribution < 1.29 is 9.66 Å². The number of hydrogen-bond donors (Lipinski definition) is 2. The van der Waals surface area contributed by atoms with Gasteiger partial charge in [-0.2, -0.15) is 0 Å². The van der Waals surface area contributed by atoms with Gasteiger partial charge in [-0.3, -0.25) is 15.0 Å². The van der Waals surface area contributed by atoms with E-state index in [1.807, 2.05) is 0 Å². The Hall–Kier alpha value is -2.19. The number of likely N-dealkylation sites (tertiary alicyclic amines) is 1. The second-order valence-corrected chi connectivity index (χ2v) is 6.31. The Morgan fingerprint density at radius 1 is 1.38 bits per heavy atom. The first kappa shape index (κ1) is 20.1. The van der Waals surface area contributed by atoms with Gasteiger partial charge in [0, 0.05) is 38.4 Å². The average molecular weight is 363 g/mol. The number of nitro groups is 1. The number of nitrogens with zero attached hydrogens (tertiary/aromatic N) is 3. The number of ether oxygens (including phenoxy) is 1. The SMILES string of the molecule is CCN1CCCC1CNC(=NCc1ccc([N+](=O)[O-])cc1)NCCOC. The normalized spacial score (nSPS) is 18.1. The monoisotopic (exact) mass is 363 g/mol. The topological polar surface area (TPSA) is 92.0 Å². The van der Waals surface area contributed by atoms with Crippen LogP contribution in [-0.2, 0) is 11.3 Å². The molecule has 0 amide bonds. The van der Waals surface area contributed by atoms with Crippen LogP contribution in [0.2, 0.25) is 0 Å². The van der Waals surface area contributed by atoms with E-state index in [-0.39, 0.29) is 5.69 Å². The molecule has 144 valence electrons. The summed E-state index contributed by atoms with van der Waals surface area (Å²) >= 11 is 0. The Morgan fingerprint density at radius 2 is 2.15 bits per heavy atom. The molecule has 1 atom stereocenters. The summed E-state index contributed by atoms with van der Waals surface area (Å²) in [4.78, 5) is 17.4. The second-order valence-electron chi connectivity index (χ2n) is 6.31. The number of nitrogens with one attached hydrogen (secondary N) is 2. The van der Waals surface area contributed by atoms with Gasteiger partial charge in [-0.1, -0.05) is 19.1 Å². The highest BCUT2D eigenvalue weighted by atomic mass is 16.6. The van der Waals surface area contributed by atoms with Gasteiger partial charge < -0.3 is 15.4 Å². The third-order valence-electron chi connectivity index (χ3n) is 4.58. The van der Waals surface area contributed by atoms with E-state index >= 15 is 0 Å². The minimum Gasteiger partial charge on any atom is -0.383 e. The molecule has 0 bridgehead atoms. The molecule has 0 saturated carbocycles. The van der Waals surface area contributed by atoms with Gasteiger partial charge in [-0.05, 0) is 31.5 Å². The summed E-state index contributed by atoms with van der Waals surface area (Å²) in [6.45, 7) is 7.01. The lowest BCUT2D eigenvalue weighted by Crippen LogP contribution is -2.45. The number of guanidine groups is 1. The maximum Gasteiger partial charge on any atom is 0.269 e. The van der Waals surface area contributed by atoms with Crippen molar-refractivity contribution >= 4 is 11.6 Å². The molecule has 1 unspecified atom stereocenters. The summed E-state index contributed by atoms with van der Waals surface area (Å²) < 4.78 is 5.09. The molecule has 1 saturated heterocycles. The van der Waals surface area contributed by atoms with Crippen molar-refractivity contribution in [3.63, 3.8) is 0 Å². The van der Waals surface area contributed by atoms with Gasteiger partial charge in [0.15, 0.2) is 5.96 Å². The van der Waals surface area contributed by atoms with E-state index in [0.717, 1.165) is 31.2 Å². The Labute approximate surface area is 154 Å². The minimum absolute atomic E-state index is 0.0928. The molecule has 0 aliphatic carbocycles. The maximum atomic E-state index is 10.7. The van der Waals surface area contributed by atoms with Crippen molar-refractivity contribution in [1.82, 2.24) is 15.5 Å². The highest BCUT2D eigenvalue weighted by molar-refractivity contribution is 5.79. The standard InChI is InChI=1S/C18H29N5O3/c1-3-22-11-4-5-17(22)14-21-18(19-10-12-26-2)20-13-15-6-8-16(9-7-15)23(24)25/h6-9,17H,3-5,10-14H2,1-2H3,(H2,19,20,21). The molecule has 0 spiro atoms. The molecule has 1 aliphatic rings. The Balaban J connectivity index is 1.93. The van der Waals surface area contributed by atoms with Gasteiger partial charge in [0.1, 0.15) is 0 Å². The second kappa shape index (κ2) is 10.7. The van der Waals surface area contributed by atoms with Crippen LogP contribution in [0.25, 0.3) is 0 Å². The van der Waals surface area contributed by atoms with Crippen molar-refractivity contribution in [2.75, 3.05) is 39.9 Å². The fourth-order valence-electron chi connectivity index (χ4n) is 3.10. The molecule has 8 heteroatoms. The predicted molar refractivity (Wildman–Crippen MR) is 102 cm³/mol.